The van der Waals surface area contributed by atoms with Crippen molar-refractivity contribution in [2.24, 2.45) is 10.7 Å². The minimum atomic E-state index is -4.52. The van der Waals surface area contributed by atoms with Crippen LogP contribution in [-0.2, 0) is 6.18 Å². The number of benzene rings is 1. The second-order valence-electron chi connectivity index (χ2n) is 5.99. The number of nitrogens with zero attached hydrogens (tertiary/aromatic N) is 1. The quantitative estimate of drug-likeness (QED) is 0.525. The first-order valence-corrected chi connectivity index (χ1v) is 8.29. The lowest BCUT2D eigenvalue weighted by atomic mass is 9.97. The third kappa shape index (κ3) is 6.10. The number of allylic oxidation sites excluding steroid dienone is 5. The average Bonchev–Trinajstić information content (AvgIpc) is 2.55. The van der Waals surface area contributed by atoms with E-state index in [1.165, 1.54) is 6.07 Å². The second kappa shape index (κ2) is 9.27. The first-order chi connectivity index (χ1) is 12.1. The van der Waals surface area contributed by atoms with Gasteiger partial charge in [0.25, 0.3) is 0 Å². The summed E-state index contributed by atoms with van der Waals surface area (Å²) in [5, 5.41) is 10.2. The molecule has 3 nitrogen and oxygen atoms in total. The van der Waals surface area contributed by atoms with Gasteiger partial charge in [0.05, 0.1) is 17.8 Å². The van der Waals surface area contributed by atoms with E-state index in [2.05, 4.69) is 4.99 Å². The van der Waals surface area contributed by atoms with Crippen LogP contribution in [0.4, 0.5) is 13.2 Å². The lowest BCUT2D eigenvalue weighted by Crippen LogP contribution is -2.09. The van der Waals surface area contributed by atoms with Gasteiger partial charge in [-0.3, -0.25) is 4.99 Å². The molecule has 0 fully saturated rings. The van der Waals surface area contributed by atoms with Crippen LogP contribution in [-0.4, -0.2) is 17.4 Å². The standard InChI is InChI=1S/C20H25F3N2O/c1-5-6-7-13(2)15(4)19(25-11-10-14(3)24)17-9-8-16(12-18(17)26)20(21,22)23/h6-10,12,26H,5,11,24H2,1-4H3/b7-6-,14-10+,15-13+,25-19?. The molecule has 0 spiro atoms. The molecule has 0 heterocycles. The number of hydrogen-bond acceptors (Lipinski definition) is 3. The molecule has 0 aliphatic rings. The number of halogens is 3. The van der Waals surface area contributed by atoms with Gasteiger partial charge in [-0.2, -0.15) is 13.2 Å². The maximum Gasteiger partial charge on any atom is 0.416 e. The summed E-state index contributed by atoms with van der Waals surface area (Å²) in [6.45, 7) is 7.71. The molecule has 0 radical (unpaired) electrons. The topological polar surface area (TPSA) is 58.6 Å². The molecule has 6 heteroatoms. The zero-order valence-electron chi connectivity index (χ0n) is 15.5. The SMILES string of the molecule is CC/C=C\C(C)=C(/C)C(=NC/C=C(\C)N)c1ccc(C(F)(F)F)cc1O. The molecule has 3 N–H and O–H groups in total. The minimum absolute atomic E-state index is 0.253. The van der Waals surface area contributed by atoms with Crippen LogP contribution >= 0.6 is 0 Å². The zero-order chi connectivity index (χ0) is 19.9. The molecule has 1 rings (SSSR count). The van der Waals surface area contributed by atoms with E-state index in [9.17, 15) is 18.3 Å². The van der Waals surface area contributed by atoms with Gasteiger partial charge < -0.3 is 10.8 Å². The number of alkyl halides is 3. The summed E-state index contributed by atoms with van der Waals surface area (Å²) in [7, 11) is 0. The fraction of sp³-hybridized carbons (Fsp3) is 0.350. The van der Waals surface area contributed by atoms with E-state index in [0.29, 0.717) is 11.4 Å². The Bertz CT molecular complexity index is 753. The van der Waals surface area contributed by atoms with Crippen molar-refractivity contribution >= 4 is 5.71 Å². The molecule has 1 aromatic rings. The van der Waals surface area contributed by atoms with Crippen molar-refractivity contribution in [1.82, 2.24) is 0 Å². The van der Waals surface area contributed by atoms with Gasteiger partial charge in [-0.25, -0.2) is 0 Å². The maximum atomic E-state index is 12.8. The molecule has 0 saturated heterocycles. The van der Waals surface area contributed by atoms with Gasteiger partial charge in [0.15, 0.2) is 0 Å². The normalized spacial score (nSPS) is 14.7. The van der Waals surface area contributed by atoms with Gasteiger partial charge in [-0.15, -0.1) is 0 Å². The second-order valence-corrected chi connectivity index (χ2v) is 5.99. The van der Waals surface area contributed by atoms with Gasteiger partial charge in [-0.05, 0) is 62.6 Å². The van der Waals surface area contributed by atoms with Crippen LogP contribution in [0.5, 0.6) is 5.75 Å². The van der Waals surface area contributed by atoms with Gasteiger partial charge in [0, 0.05) is 11.3 Å². The lowest BCUT2D eigenvalue weighted by molar-refractivity contribution is -0.137. The monoisotopic (exact) mass is 366 g/mol. The van der Waals surface area contributed by atoms with Gasteiger partial charge >= 0.3 is 6.18 Å². The van der Waals surface area contributed by atoms with Crippen molar-refractivity contribution in [2.75, 3.05) is 6.54 Å². The highest BCUT2D eigenvalue weighted by Gasteiger charge is 2.31. The highest BCUT2D eigenvalue weighted by molar-refractivity contribution is 6.14. The molecule has 0 aliphatic carbocycles. The van der Waals surface area contributed by atoms with Crippen LogP contribution < -0.4 is 5.73 Å². The molecule has 0 aliphatic heterocycles. The fourth-order valence-electron chi connectivity index (χ4n) is 2.20. The number of phenolic OH excluding ortho intramolecular Hbond substituents is 1. The van der Waals surface area contributed by atoms with E-state index >= 15 is 0 Å². The van der Waals surface area contributed by atoms with Gasteiger partial charge in [0.2, 0.25) is 0 Å². The Labute approximate surface area is 152 Å². The van der Waals surface area contributed by atoms with Crippen LogP contribution in [0.1, 0.15) is 45.2 Å². The van der Waals surface area contributed by atoms with Crippen molar-refractivity contribution in [3.8, 4) is 5.75 Å². The maximum absolute atomic E-state index is 12.8. The van der Waals surface area contributed by atoms with Crippen molar-refractivity contribution in [3.05, 3.63) is 64.4 Å². The fourth-order valence-corrected chi connectivity index (χ4v) is 2.20. The Morgan fingerprint density at radius 3 is 2.38 bits per heavy atom. The summed E-state index contributed by atoms with van der Waals surface area (Å²) in [5.41, 5.74) is 7.68. The molecular formula is C20H25F3N2O. The molecule has 0 amide bonds. The molecule has 0 unspecified atom stereocenters. The molecular weight excluding hydrogens is 341 g/mol. The Hall–Kier alpha value is -2.50. The number of phenols is 1. The van der Waals surface area contributed by atoms with Crippen LogP contribution in [0.3, 0.4) is 0 Å². The zero-order valence-corrected chi connectivity index (χ0v) is 15.5. The third-order valence-electron chi connectivity index (χ3n) is 3.79. The summed E-state index contributed by atoms with van der Waals surface area (Å²) in [6.07, 6.45) is 1.95. The summed E-state index contributed by atoms with van der Waals surface area (Å²) < 4.78 is 38.5. The molecule has 0 atom stereocenters. The average molecular weight is 366 g/mol. The van der Waals surface area contributed by atoms with Crippen LogP contribution in [0, 0.1) is 0 Å². The van der Waals surface area contributed by atoms with Crippen LogP contribution in [0.15, 0.2) is 58.3 Å². The Morgan fingerprint density at radius 2 is 1.88 bits per heavy atom. The predicted octanol–water partition coefficient (Wildman–Crippen LogP) is 5.37. The van der Waals surface area contributed by atoms with E-state index in [-0.39, 0.29) is 12.1 Å². The van der Waals surface area contributed by atoms with Crippen molar-refractivity contribution in [3.63, 3.8) is 0 Å². The van der Waals surface area contributed by atoms with E-state index < -0.39 is 17.5 Å². The highest BCUT2D eigenvalue weighted by Crippen LogP contribution is 2.33. The Balaban J connectivity index is 3.47. The number of nitrogens with two attached hydrogens (primary N) is 1. The Morgan fingerprint density at radius 1 is 1.23 bits per heavy atom. The van der Waals surface area contributed by atoms with Gasteiger partial charge in [0.1, 0.15) is 5.75 Å². The molecule has 0 aromatic heterocycles. The van der Waals surface area contributed by atoms with Gasteiger partial charge in [-0.1, -0.05) is 19.1 Å². The smallest absolute Gasteiger partial charge is 0.416 e. The van der Waals surface area contributed by atoms with Crippen molar-refractivity contribution < 1.29 is 18.3 Å². The minimum Gasteiger partial charge on any atom is -0.507 e. The van der Waals surface area contributed by atoms with E-state index in [4.69, 9.17) is 5.73 Å². The Kier molecular flexibility index (Phi) is 7.68. The third-order valence-corrected chi connectivity index (χ3v) is 3.79. The van der Waals surface area contributed by atoms with Crippen LogP contribution in [0.2, 0.25) is 0 Å². The summed E-state index contributed by atoms with van der Waals surface area (Å²) in [5.74, 6) is -0.460. The first kappa shape index (κ1) is 21.5. The van der Waals surface area contributed by atoms with Crippen molar-refractivity contribution in [2.45, 2.75) is 40.3 Å². The molecule has 142 valence electrons. The molecule has 0 saturated carbocycles. The molecule has 0 bridgehead atoms. The first-order valence-electron chi connectivity index (χ1n) is 8.29. The van der Waals surface area contributed by atoms with E-state index in [1.807, 2.05) is 32.9 Å². The summed E-state index contributed by atoms with van der Waals surface area (Å²) in [6, 6.07) is 2.91. The molecule has 26 heavy (non-hydrogen) atoms. The van der Waals surface area contributed by atoms with E-state index in [0.717, 1.165) is 29.7 Å². The van der Waals surface area contributed by atoms with Crippen LogP contribution in [0.25, 0.3) is 0 Å². The predicted molar refractivity (Wildman–Crippen MR) is 100 cm³/mol. The number of aromatic hydroxyl groups is 1. The molecule has 1 aromatic carbocycles. The lowest BCUT2D eigenvalue weighted by Gasteiger charge is -2.14. The number of rotatable bonds is 6. The van der Waals surface area contributed by atoms with E-state index in [1.54, 1.807) is 13.0 Å². The highest BCUT2D eigenvalue weighted by atomic mass is 19.4. The largest absolute Gasteiger partial charge is 0.507 e. The summed E-state index contributed by atoms with van der Waals surface area (Å²) in [4.78, 5) is 4.44. The number of aliphatic imine (C=N–C) groups is 1. The van der Waals surface area contributed by atoms with Crippen molar-refractivity contribution in [1.29, 1.82) is 0 Å². The summed E-state index contributed by atoms with van der Waals surface area (Å²) >= 11 is 0. The number of hydrogen-bond donors (Lipinski definition) is 2.